The largest absolute Gasteiger partial charge is 0.308 e. The minimum Gasteiger partial charge on any atom is -0.308 e. The normalized spacial score (nSPS) is 13.1. The second-order valence-corrected chi connectivity index (χ2v) is 4.42. The van der Waals surface area contributed by atoms with Crippen LogP contribution < -0.4 is 5.32 Å². The molecular weight excluding hydrogens is 189 g/mol. The molecule has 2 heteroatoms. The first-order chi connectivity index (χ1) is 7.13. The number of alkyl halides is 1. The molecule has 0 radical (unpaired) electrons. The number of rotatable bonds is 5. The Balaban J connectivity index is 2.65. The molecule has 0 heterocycles. The molecule has 0 fully saturated rings. The van der Waals surface area contributed by atoms with Crippen LogP contribution in [0.1, 0.15) is 31.0 Å². The van der Waals surface area contributed by atoms with Crippen LogP contribution in [0.25, 0.3) is 0 Å². The summed E-state index contributed by atoms with van der Waals surface area (Å²) in [6.07, 6.45) is 0. The summed E-state index contributed by atoms with van der Waals surface area (Å²) in [5.41, 5.74) is 2.22. The minimum atomic E-state index is -0.351. The Morgan fingerprint density at radius 2 is 2.07 bits per heavy atom. The maximum absolute atomic E-state index is 12.9. The summed E-state index contributed by atoms with van der Waals surface area (Å²) in [7, 11) is 0. The van der Waals surface area contributed by atoms with Crippen LogP contribution in [-0.2, 0) is 0 Å². The van der Waals surface area contributed by atoms with E-state index in [2.05, 4.69) is 19.2 Å². The third-order valence-corrected chi connectivity index (χ3v) is 2.37. The molecule has 0 aromatic heterocycles. The molecule has 1 rings (SSSR count). The third-order valence-electron chi connectivity index (χ3n) is 2.37. The van der Waals surface area contributed by atoms with Gasteiger partial charge in [0, 0.05) is 0 Å². The summed E-state index contributed by atoms with van der Waals surface area (Å²) in [5.74, 6) is 0.545. The molecule has 0 bridgehead atoms. The van der Waals surface area contributed by atoms with Gasteiger partial charge in [-0.15, -0.1) is 0 Å². The van der Waals surface area contributed by atoms with E-state index in [4.69, 9.17) is 0 Å². The lowest BCUT2D eigenvalue weighted by atomic mass is 10.0. The summed E-state index contributed by atoms with van der Waals surface area (Å²) < 4.78 is 12.9. The van der Waals surface area contributed by atoms with Crippen molar-refractivity contribution in [2.24, 2.45) is 5.92 Å². The number of nitrogens with one attached hydrogen (secondary N) is 1. The Bertz CT molecular complexity index is 296. The van der Waals surface area contributed by atoms with E-state index in [1.54, 1.807) is 0 Å². The monoisotopic (exact) mass is 209 g/mol. The zero-order valence-electron chi connectivity index (χ0n) is 9.76. The first-order valence-electron chi connectivity index (χ1n) is 5.49. The van der Waals surface area contributed by atoms with Gasteiger partial charge in [-0.25, -0.2) is 4.39 Å². The first-order valence-corrected chi connectivity index (χ1v) is 5.49. The van der Waals surface area contributed by atoms with E-state index in [0.29, 0.717) is 5.92 Å². The molecule has 0 aliphatic rings. The van der Waals surface area contributed by atoms with Gasteiger partial charge in [-0.3, -0.25) is 0 Å². The molecule has 84 valence electrons. The highest BCUT2D eigenvalue weighted by atomic mass is 19.1. The van der Waals surface area contributed by atoms with Gasteiger partial charge >= 0.3 is 0 Å². The van der Waals surface area contributed by atoms with Crippen LogP contribution in [0.15, 0.2) is 24.3 Å². The van der Waals surface area contributed by atoms with Gasteiger partial charge < -0.3 is 5.32 Å². The fourth-order valence-corrected chi connectivity index (χ4v) is 1.53. The summed E-state index contributed by atoms with van der Waals surface area (Å²) in [4.78, 5) is 0. The van der Waals surface area contributed by atoms with Crippen LogP contribution in [0.5, 0.6) is 0 Å². The van der Waals surface area contributed by atoms with Gasteiger partial charge in [0.2, 0.25) is 0 Å². The molecule has 1 N–H and O–H groups in total. The summed E-state index contributed by atoms with van der Waals surface area (Å²) in [6, 6.07) is 7.86. The second kappa shape index (κ2) is 5.86. The molecule has 1 unspecified atom stereocenters. The van der Waals surface area contributed by atoms with E-state index in [-0.39, 0.29) is 12.7 Å². The van der Waals surface area contributed by atoms with E-state index in [1.807, 2.05) is 31.2 Å². The van der Waals surface area contributed by atoms with Gasteiger partial charge in [-0.05, 0) is 24.9 Å². The molecule has 1 atom stereocenters. The first kappa shape index (κ1) is 12.2. The van der Waals surface area contributed by atoms with Crippen molar-refractivity contribution in [3.63, 3.8) is 0 Å². The standard InChI is InChI=1S/C13H20FN/c1-10(2)9-15-13(8-14)12-6-4-5-11(3)7-12/h4-7,10,13,15H,8-9H2,1-3H3. The number of halogens is 1. The number of benzene rings is 1. The van der Waals surface area contributed by atoms with E-state index >= 15 is 0 Å². The third kappa shape index (κ3) is 4.00. The highest BCUT2D eigenvalue weighted by molar-refractivity contribution is 5.25. The molecule has 1 nitrogen and oxygen atoms in total. The van der Waals surface area contributed by atoms with Crippen molar-refractivity contribution in [2.45, 2.75) is 26.8 Å². The molecule has 0 aliphatic heterocycles. The van der Waals surface area contributed by atoms with Crippen LogP contribution in [0.2, 0.25) is 0 Å². The summed E-state index contributed by atoms with van der Waals surface area (Å²) >= 11 is 0. The fourth-order valence-electron chi connectivity index (χ4n) is 1.53. The Kier molecular flexibility index (Phi) is 4.76. The van der Waals surface area contributed by atoms with Crippen molar-refractivity contribution in [1.29, 1.82) is 0 Å². The average molecular weight is 209 g/mol. The molecule has 0 aliphatic carbocycles. The predicted octanol–water partition coefficient (Wildman–Crippen LogP) is 3.25. The molecular formula is C13H20FN. The van der Waals surface area contributed by atoms with Crippen molar-refractivity contribution in [3.05, 3.63) is 35.4 Å². The van der Waals surface area contributed by atoms with Gasteiger partial charge in [0.15, 0.2) is 0 Å². The summed E-state index contributed by atoms with van der Waals surface area (Å²) in [5, 5.41) is 3.24. The van der Waals surface area contributed by atoms with Crippen molar-refractivity contribution in [3.8, 4) is 0 Å². The Hall–Kier alpha value is -0.890. The number of hydrogen-bond donors (Lipinski definition) is 1. The zero-order chi connectivity index (χ0) is 11.3. The number of hydrogen-bond acceptors (Lipinski definition) is 1. The fraction of sp³-hybridized carbons (Fsp3) is 0.538. The molecule has 1 aromatic carbocycles. The van der Waals surface area contributed by atoms with E-state index in [9.17, 15) is 4.39 Å². The van der Waals surface area contributed by atoms with Crippen molar-refractivity contribution in [1.82, 2.24) is 5.32 Å². The predicted molar refractivity (Wildman–Crippen MR) is 62.7 cm³/mol. The van der Waals surface area contributed by atoms with E-state index < -0.39 is 0 Å². The van der Waals surface area contributed by atoms with Crippen LogP contribution >= 0.6 is 0 Å². The van der Waals surface area contributed by atoms with Gasteiger partial charge in [0.25, 0.3) is 0 Å². The zero-order valence-corrected chi connectivity index (χ0v) is 9.76. The minimum absolute atomic E-state index is 0.160. The summed E-state index contributed by atoms with van der Waals surface area (Å²) in [6.45, 7) is 6.77. The van der Waals surface area contributed by atoms with E-state index in [0.717, 1.165) is 12.1 Å². The Labute approximate surface area is 91.7 Å². The van der Waals surface area contributed by atoms with Crippen LogP contribution in [-0.4, -0.2) is 13.2 Å². The molecule has 0 saturated carbocycles. The van der Waals surface area contributed by atoms with Crippen LogP contribution in [0.4, 0.5) is 4.39 Å². The molecule has 0 amide bonds. The highest BCUT2D eigenvalue weighted by Crippen LogP contribution is 2.15. The van der Waals surface area contributed by atoms with Crippen molar-refractivity contribution < 1.29 is 4.39 Å². The van der Waals surface area contributed by atoms with Crippen LogP contribution in [0, 0.1) is 12.8 Å². The second-order valence-electron chi connectivity index (χ2n) is 4.42. The molecule has 15 heavy (non-hydrogen) atoms. The Morgan fingerprint density at radius 3 is 2.60 bits per heavy atom. The maximum Gasteiger partial charge on any atom is 0.109 e. The van der Waals surface area contributed by atoms with E-state index in [1.165, 1.54) is 5.56 Å². The van der Waals surface area contributed by atoms with Crippen molar-refractivity contribution >= 4 is 0 Å². The van der Waals surface area contributed by atoms with Crippen LogP contribution in [0.3, 0.4) is 0 Å². The smallest absolute Gasteiger partial charge is 0.109 e. The lowest BCUT2D eigenvalue weighted by Gasteiger charge is -2.17. The van der Waals surface area contributed by atoms with Gasteiger partial charge in [-0.2, -0.15) is 0 Å². The van der Waals surface area contributed by atoms with Gasteiger partial charge in [-0.1, -0.05) is 43.7 Å². The molecule has 1 aromatic rings. The van der Waals surface area contributed by atoms with Gasteiger partial charge in [0.05, 0.1) is 6.04 Å². The lowest BCUT2D eigenvalue weighted by molar-refractivity contribution is 0.367. The van der Waals surface area contributed by atoms with Crippen molar-refractivity contribution in [2.75, 3.05) is 13.2 Å². The Morgan fingerprint density at radius 1 is 1.33 bits per heavy atom. The average Bonchev–Trinajstić information content (AvgIpc) is 2.18. The quantitative estimate of drug-likeness (QED) is 0.785. The lowest BCUT2D eigenvalue weighted by Crippen LogP contribution is -2.26. The molecule has 0 spiro atoms. The van der Waals surface area contributed by atoms with Gasteiger partial charge in [0.1, 0.15) is 6.67 Å². The number of aryl methyl sites for hydroxylation is 1. The maximum atomic E-state index is 12.9. The SMILES string of the molecule is Cc1cccc(C(CF)NCC(C)C)c1. The highest BCUT2D eigenvalue weighted by Gasteiger charge is 2.10. The molecule has 0 saturated heterocycles. The topological polar surface area (TPSA) is 12.0 Å².